The van der Waals surface area contributed by atoms with Gasteiger partial charge in [-0.3, -0.25) is 0 Å². The maximum absolute atomic E-state index is 4.14. The number of aryl methyl sites for hydroxylation is 1. The van der Waals surface area contributed by atoms with E-state index in [1.54, 1.807) is 0 Å². The molecule has 0 unspecified atom stereocenters. The molecule has 2 nitrogen and oxygen atoms in total. The normalized spacial score (nSPS) is 9.11. The molecule has 2 aromatic rings. The Hall–Kier alpha value is -1.96. The van der Waals surface area contributed by atoms with Gasteiger partial charge in [0.2, 0.25) is 0 Å². The lowest BCUT2D eigenvalue weighted by molar-refractivity contribution is 1.23. The van der Waals surface area contributed by atoms with E-state index in [1.807, 2.05) is 82.3 Å². The second-order valence-electron chi connectivity index (χ2n) is 3.37. The smallest absolute Gasteiger partial charge is 0.0857 e. The Balaban J connectivity index is 0.000000741. The highest BCUT2D eigenvalue weighted by atomic mass is 15.1. The molecule has 0 aliphatic heterocycles. The predicted octanol–water partition coefficient (Wildman–Crippen LogP) is 6.46. The van der Waals surface area contributed by atoms with E-state index in [0.717, 1.165) is 11.4 Å². The first-order chi connectivity index (χ1) is 9.34. The fourth-order valence-corrected chi connectivity index (χ4v) is 1.22. The summed E-state index contributed by atoms with van der Waals surface area (Å²) in [5.41, 5.74) is 2.98. The van der Waals surface area contributed by atoms with Crippen LogP contribution in [0.2, 0.25) is 0 Å². The van der Waals surface area contributed by atoms with Gasteiger partial charge in [-0.25, -0.2) is 0 Å². The van der Waals surface area contributed by atoms with Crippen LogP contribution in [0.4, 0.5) is 11.4 Å². The summed E-state index contributed by atoms with van der Waals surface area (Å²) in [5, 5.41) is 8.27. The lowest BCUT2D eigenvalue weighted by Gasteiger charge is -1.93. The first-order valence-corrected chi connectivity index (χ1v) is 6.88. The third-order valence-electron chi connectivity index (χ3n) is 2.07. The fraction of sp³-hybridized carbons (Fsp3) is 0.294. The molecule has 2 rings (SSSR count). The highest BCUT2D eigenvalue weighted by Gasteiger charge is 1.89. The van der Waals surface area contributed by atoms with E-state index in [4.69, 9.17) is 0 Å². The van der Waals surface area contributed by atoms with E-state index in [0.29, 0.717) is 0 Å². The van der Waals surface area contributed by atoms with E-state index in [1.165, 1.54) is 5.56 Å². The molecule has 0 atom stereocenters. The van der Waals surface area contributed by atoms with Gasteiger partial charge in [0.05, 0.1) is 11.4 Å². The summed E-state index contributed by atoms with van der Waals surface area (Å²) < 4.78 is 0. The lowest BCUT2D eigenvalue weighted by Crippen LogP contribution is -1.68. The van der Waals surface area contributed by atoms with Crippen LogP contribution in [0.1, 0.15) is 33.3 Å². The number of benzene rings is 2. The maximum Gasteiger partial charge on any atom is 0.0857 e. The van der Waals surface area contributed by atoms with Gasteiger partial charge < -0.3 is 0 Å². The molecule has 19 heavy (non-hydrogen) atoms. The minimum atomic E-state index is 0.873. The second-order valence-corrected chi connectivity index (χ2v) is 3.37. The van der Waals surface area contributed by atoms with E-state index < -0.39 is 0 Å². The molecule has 2 heteroatoms. The molecule has 2 aromatic carbocycles. The Morgan fingerprint density at radius 3 is 1.47 bits per heavy atom. The first kappa shape index (κ1) is 17.0. The van der Waals surface area contributed by atoms with Crippen molar-refractivity contribution in [3.8, 4) is 0 Å². The molecule has 0 aromatic heterocycles. The number of rotatable bonds is 2. The molecule has 0 spiro atoms. The van der Waals surface area contributed by atoms with Crippen LogP contribution in [0.15, 0.2) is 64.8 Å². The molecule has 0 aliphatic rings. The Labute approximate surface area is 117 Å². The number of hydrogen-bond acceptors (Lipinski definition) is 2. The van der Waals surface area contributed by atoms with Crippen molar-refractivity contribution >= 4 is 11.4 Å². The van der Waals surface area contributed by atoms with Crippen molar-refractivity contribution in [1.82, 2.24) is 0 Å². The van der Waals surface area contributed by atoms with Gasteiger partial charge in [-0.15, -0.1) is 0 Å². The minimum Gasteiger partial charge on any atom is -0.151 e. The third kappa shape index (κ3) is 7.14. The van der Waals surface area contributed by atoms with Crippen molar-refractivity contribution in [3.63, 3.8) is 0 Å². The summed E-state index contributed by atoms with van der Waals surface area (Å²) in [5.74, 6) is 0. The minimum absolute atomic E-state index is 0.873. The summed E-state index contributed by atoms with van der Waals surface area (Å²) in [6.07, 6.45) is 0. The summed E-state index contributed by atoms with van der Waals surface area (Å²) >= 11 is 0. The average molecular weight is 256 g/mol. The summed E-state index contributed by atoms with van der Waals surface area (Å²) in [4.78, 5) is 0. The van der Waals surface area contributed by atoms with Crippen molar-refractivity contribution in [2.24, 2.45) is 10.2 Å². The summed E-state index contributed by atoms with van der Waals surface area (Å²) in [7, 11) is 0. The SMILES string of the molecule is CC.CC.Cc1ccc(N=Nc2ccccc2)cc1. The van der Waals surface area contributed by atoms with Crippen LogP contribution in [0, 0.1) is 6.92 Å². The standard InChI is InChI=1S/C13H12N2.2C2H6/c1-11-7-9-13(10-8-11)15-14-12-5-3-2-4-6-12;2*1-2/h2-10H,1H3;2*1-2H3. The van der Waals surface area contributed by atoms with Crippen LogP contribution in [0.3, 0.4) is 0 Å². The van der Waals surface area contributed by atoms with Gasteiger partial charge in [0.1, 0.15) is 0 Å². The van der Waals surface area contributed by atoms with Crippen molar-refractivity contribution in [2.75, 3.05) is 0 Å². The van der Waals surface area contributed by atoms with Crippen molar-refractivity contribution in [2.45, 2.75) is 34.6 Å². The zero-order chi connectivity index (χ0) is 14.5. The number of azo groups is 1. The van der Waals surface area contributed by atoms with E-state index in [-0.39, 0.29) is 0 Å². The fourth-order valence-electron chi connectivity index (χ4n) is 1.22. The van der Waals surface area contributed by atoms with Gasteiger partial charge in [0, 0.05) is 0 Å². The largest absolute Gasteiger partial charge is 0.151 e. The van der Waals surface area contributed by atoms with E-state index in [9.17, 15) is 0 Å². The van der Waals surface area contributed by atoms with Crippen LogP contribution in [-0.4, -0.2) is 0 Å². The Kier molecular flexibility index (Phi) is 10.00. The third-order valence-corrected chi connectivity index (χ3v) is 2.07. The van der Waals surface area contributed by atoms with Gasteiger partial charge in [-0.2, -0.15) is 10.2 Å². The zero-order valence-corrected chi connectivity index (χ0v) is 12.6. The van der Waals surface area contributed by atoms with Gasteiger partial charge in [-0.1, -0.05) is 63.6 Å². The predicted molar refractivity (Wildman–Crippen MR) is 84.5 cm³/mol. The lowest BCUT2D eigenvalue weighted by atomic mass is 10.2. The first-order valence-electron chi connectivity index (χ1n) is 6.88. The molecule has 0 saturated carbocycles. The van der Waals surface area contributed by atoms with Gasteiger partial charge >= 0.3 is 0 Å². The molecule has 0 fully saturated rings. The quantitative estimate of drug-likeness (QED) is 0.551. The van der Waals surface area contributed by atoms with E-state index >= 15 is 0 Å². The highest BCUT2D eigenvalue weighted by molar-refractivity contribution is 5.40. The molecular formula is C17H24N2. The second kappa shape index (κ2) is 11.1. The van der Waals surface area contributed by atoms with Crippen molar-refractivity contribution in [3.05, 3.63) is 60.2 Å². The molecular weight excluding hydrogens is 232 g/mol. The van der Waals surface area contributed by atoms with Gasteiger partial charge in [0.25, 0.3) is 0 Å². The van der Waals surface area contributed by atoms with Crippen molar-refractivity contribution < 1.29 is 0 Å². The maximum atomic E-state index is 4.14. The number of nitrogens with zero attached hydrogens (tertiary/aromatic N) is 2. The molecule has 0 saturated heterocycles. The monoisotopic (exact) mass is 256 g/mol. The number of hydrogen-bond donors (Lipinski definition) is 0. The molecule has 0 bridgehead atoms. The Morgan fingerprint density at radius 2 is 1.00 bits per heavy atom. The summed E-state index contributed by atoms with van der Waals surface area (Å²) in [6.45, 7) is 10.1. The zero-order valence-electron chi connectivity index (χ0n) is 12.6. The molecule has 0 heterocycles. The molecule has 0 aliphatic carbocycles. The highest BCUT2D eigenvalue weighted by Crippen LogP contribution is 2.17. The summed E-state index contributed by atoms with van der Waals surface area (Å²) in [6, 6.07) is 17.7. The van der Waals surface area contributed by atoms with Crippen LogP contribution in [-0.2, 0) is 0 Å². The van der Waals surface area contributed by atoms with Crippen molar-refractivity contribution in [1.29, 1.82) is 0 Å². The van der Waals surface area contributed by atoms with E-state index in [2.05, 4.69) is 17.2 Å². The Morgan fingerprint density at radius 1 is 0.579 bits per heavy atom. The Bertz CT molecular complexity index is 444. The topological polar surface area (TPSA) is 24.7 Å². The van der Waals surface area contributed by atoms with Gasteiger partial charge in [0.15, 0.2) is 0 Å². The molecule has 102 valence electrons. The molecule has 0 amide bonds. The van der Waals surface area contributed by atoms with Crippen LogP contribution >= 0.6 is 0 Å². The van der Waals surface area contributed by atoms with Crippen LogP contribution in [0.25, 0.3) is 0 Å². The van der Waals surface area contributed by atoms with Crippen LogP contribution < -0.4 is 0 Å². The molecule has 0 radical (unpaired) electrons. The van der Waals surface area contributed by atoms with Gasteiger partial charge in [-0.05, 0) is 31.2 Å². The average Bonchev–Trinajstić information content (AvgIpc) is 2.52. The van der Waals surface area contributed by atoms with Crippen LogP contribution in [0.5, 0.6) is 0 Å². The molecule has 0 N–H and O–H groups in total.